The molecule has 0 aromatic carbocycles. The highest BCUT2D eigenvalue weighted by atomic mass is 35.5. The highest BCUT2D eigenvalue weighted by Gasteiger charge is 2.33. The van der Waals surface area contributed by atoms with Crippen LogP contribution in [0.4, 0.5) is 0 Å². The molecule has 0 saturated carbocycles. The van der Waals surface area contributed by atoms with Crippen molar-refractivity contribution in [2.24, 2.45) is 4.40 Å². The van der Waals surface area contributed by atoms with E-state index >= 15 is 0 Å². The fraction of sp³-hybridized carbons (Fsp3) is 0.571. The van der Waals surface area contributed by atoms with Gasteiger partial charge in [0.1, 0.15) is 0 Å². The van der Waals surface area contributed by atoms with Gasteiger partial charge in [-0.2, -0.15) is 0 Å². The van der Waals surface area contributed by atoms with Crippen LogP contribution < -0.4 is 10.0 Å². The maximum Gasteiger partial charge on any atom is 0.163 e. The van der Waals surface area contributed by atoms with E-state index in [1.165, 1.54) is 17.7 Å². The van der Waals surface area contributed by atoms with Crippen molar-refractivity contribution >= 4 is 29.9 Å². The van der Waals surface area contributed by atoms with Crippen molar-refractivity contribution in [2.75, 3.05) is 13.1 Å². The topological polar surface area (TPSA) is 36.4 Å². The first kappa shape index (κ1) is 8.56. The molecule has 1 atom stereocenters. The molecule has 0 aliphatic carbocycles. The summed E-state index contributed by atoms with van der Waals surface area (Å²) in [7, 11) is 0. The van der Waals surface area contributed by atoms with Gasteiger partial charge in [0.15, 0.2) is 5.00 Å². The van der Waals surface area contributed by atoms with Crippen LogP contribution in [-0.4, -0.2) is 24.3 Å². The van der Waals surface area contributed by atoms with Gasteiger partial charge in [0, 0.05) is 6.54 Å². The zero-order valence-corrected chi connectivity index (χ0v) is 8.08. The SMILES string of the molecule is ClC1(C2=CCCNC2)C=NSN1. The summed E-state index contributed by atoms with van der Waals surface area (Å²) in [4.78, 5) is -0.544. The summed E-state index contributed by atoms with van der Waals surface area (Å²) in [6, 6.07) is 0. The first-order valence-corrected chi connectivity index (χ1v) is 5.03. The third-order valence-corrected chi connectivity index (χ3v) is 3.14. The standard InChI is InChI=1S/C7H10ClN3S/c8-7(5-10-12-11-7)6-2-1-3-9-4-6/h2,5,9,11H,1,3-4H2. The molecule has 5 heteroatoms. The zero-order valence-electron chi connectivity index (χ0n) is 6.51. The fourth-order valence-electron chi connectivity index (χ4n) is 1.29. The molecule has 2 aliphatic rings. The van der Waals surface area contributed by atoms with Crippen LogP contribution >= 0.6 is 23.7 Å². The van der Waals surface area contributed by atoms with Gasteiger partial charge in [0.2, 0.25) is 0 Å². The van der Waals surface area contributed by atoms with Crippen LogP contribution in [0, 0.1) is 0 Å². The van der Waals surface area contributed by atoms with Crippen molar-refractivity contribution in [3.8, 4) is 0 Å². The number of rotatable bonds is 1. The number of hydrogen-bond donors (Lipinski definition) is 2. The van der Waals surface area contributed by atoms with Crippen molar-refractivity contribution in [1.29, 1.82) is 0 Å². The molecular weight excluding hydrogens is 194 g/mol. The Morgan fingerprint density at radius 3 is 3.17 bits per heavy atom. The molecular formula is C7H10ClN3S. The lowest BCUT2D eigenvalue weighted by molar-refractivity contribution is 0.660. The summed E-state index contributed by atoms with van der Waals surface area (Å²) >= 11 is 7.55. The average molecular weight is 204 g/mol. The lowest BCUT2D eigenvalue weighted by Crippen LogP contribution is -2.41. The van der Waals surface area contributed by atoms with Gasteiger partial charge < -0.3 is 5.32 Å². The van der Waals surface area contributed by atoms with Crippen molar-refractivity contribution < 1.29 is 0 Å². The molecule has 1 unspecified atom stereocenters. The molecule has 2 rings (SSSR count). The van der Waals surface area contributed by atoms with Crippen LogP contribution in [0.2, 0.25) is 0 Å². The van der Waals surface area contributed by atoms with Crippen LogP contribution in [0.15, 0.2) is 16.0 Å². The third-order valence-electron chi connectivity index (χ3n) is 1.97. The Balaban J connectivity index is 2.16. The summed E-state index contributed by atoms with van der Waals surface area (Å²) < 4.78 is 7.05. The van der Waals surface area contributed by atoms with Crippen molar-refractivity contribution in [3.63, 3.8) is 0 Å². The zero-order chi connectivity index (χ0) is 8.44. The molecule has 3 nitrogen and oxygen atoms in total. The Hall–Kier alpha value is -0.0300. The van der Waals surface area contributed by atoms with Gasteiger partial charge in [-0.15, -0.1) is 0 Å². The van der Waals surface area contributed by atoms with E-state index in [4.69, 9.17) is 11.6 Å². The normalized spacial score (nSPS) is 35.2. The highest BCUT2D eigenvalue weighted by molar-refractivity contribution is 7.96. The summed E-state index contributed by atoms with van der Waals surface area (Å²) in [6.07, 6.45) is 4.97. The summed E-state index contributed by atoms with van der Waals surface area (Å²) in [5.74, 6) is 0. The predicted molar refractivity (Wildman–Crippen MR) is 53.4 cm³/mol. The van der Waals surface area contributed by atoms with Crippen molar-refractivity contribution in [2.45, 2.75) is 11.4 Å². The molecule has 0 fully saturated rings. The lowest BCUT2D eigenvalue weighted by atomic mass is 10.0. The Bertz CT molecular complexity index is 241. The molecule has 0 amide bonds. The van der Waals surface area contributed by atoms with E-state index in [-0.39, 0.29) is 0 Å². The molecule has 2 heterocycles. The largest absolute Gasteiger partial charge is 0.313 e. The third kappa shape index (κ3) is 1.52. The Labute approximate surface area is 80.9 Å². The van der Waals surface area contributed by atoms with Crippen molar-refractivity contribution in [3.05, 3.63) is 11.6 Å². The maximum atomic E-state index is 6.26. The second-order valence-electron chi connectivity index (χ2n) is 2.83. The quantitative estimate of drug-likeness (QED) is 0.290. The molecule has 0 radical (unpaired) electrons. The number of halogens is 1. The smallest absolute Gasteiger partial charge is 0.163 e. The van der Waals surface area contributed by atoms with Gasteiger partial charge in [-0.05, 0) is 18.5 Å². The Kier molecular flexibility index (Phi) is 2.41. The highest BCUT2D eigenvalue weighted by Crippen LogP contribution is 2.28. The number of alkyl halides is 1. The molecule has 0 bridgehead atoms. The first-order chi connectivity index (χ1) is 5.81. The van der Waals surface area contributed by atoms with Crippen LogP contribution in [0.5, 0.6) is 0 Å². The lowest BCUT2D eigenvalue weighted by Gasteiger charge is -2.24. The summed E-state index contributed by atoms with van der Waals surface area (Å²) in [6.45, 7) is 1.89. The van der Waals surface area contributed by atoms with Crippen LogP contribution in [0.3, 0.4) is 0 Å². The molecule has 0 saturated heterocycles. The van der Waals surface area contributed by atoms with Gasteiger partial charge in [-0.25, -0.2) is 9.12 Å². The van der Waals surface area contributed by atoms with E-state index in [0.717, 1.165) is 19.5 Å². The van der Waals surface area contributed by atoms with Crippen LogP contribution in [0.25, 0.3) is 0 Å². The van der Waals surface area contributed by atoms with Gasteiger partial charge in [0.05, 0.1) is 18.3 Å². The van der Waals surface area contributed by atoms with Gasteiger partial charge in [-0.3, -0.25) is 0 Å². The molecule has 66 valence electrons. The Morgan fingerprint density at radius 2 is 2.58 bits per heavy atom. The van der Waals surface area contributed by atoms with Gasteiger partial charge in [0.25, 0.3) is 0 Å². The minimum Gasteiger partial charge on any atom is -0.313 e. The van der Waals surface area contributed by atoms with Gasteiger partial charge in [-0.1, -0.05) is 17.7 Å². The van der Waals surface area contributed by atoms with E-state index in [2.05, 4.69) is 20.5 Å². The Morgan fingerprint density at radius 1 is 1.67 bits per heavy atom. The summed E-state index contributed by atoms with van der Waals surface area (Å²) in [5, 5.41) is 3.27. The fourth-order valence-corrected chi connectivity index (χ4v) is 2.22. The molecule has 0 aromatic rings. The molecule has 0 aromatic heterocycles. The van der Waals surface area contributed by atoms with Crippen molar-refractivity contribution in [1.82, 2.24) is 10.0 Å². The number of nitrogens with zero attached hydrogens (tertiary/aromatic N) is 1. The number of nitrogens with one attached hydrogen (secondary N) is 2. The minimum absolute atomic E-state index is 0.544. The molecule has 12 heavy (non-hydrogen) atoms. The second-order valence-corrected chi connectivity index (χ2v) is 4.03. The predicted octanol–water partition coefficient (Wildman–Crippen LogP) is 1.08. The first-order valence-electron chi connectivity index (χ1n) is 3.88. The van der Waals surface area contributed by atoms with E-state index in [0.29, 0.717) is 0 Å². The van der Waals surface area contributed by atoms with Crippen LogP contribution in [0.1, 0.15) is 6.42 Å². The molecule has 2 N–H and O–H groups in total. The van der Waals surface area contributed by atoms with Crippen LogP contribution in [-0.2, 0) is 0 Å². The number of hydrogen-bond acceptors (Lipinski definition) is 4. The van der Waals surface area contributed by atoms with E-state index in [9.17, 15) is 0 Å². The second kappa shape index (κ2) is 3.38. The maximum absolute atomic E-state index is 6.26. The molecule has 0 spiro atoms. The van der Waals surface area contributed by atoms with E-state index < -0.39 is 5.00 Å². The molecule has 2 aliphatic heterocycles. The van der Waals surface area contributed by atoms with E-state index in [1.807, 2.05) is 0 Å². The van der Waals surface area contributed by atoms with E-state index in [1.54, 1.807) is 6.21 Å². The minimum atomic E-state index is -0.544. The van der Waals surface area contributed by atoms with Gasteiger partial charge >= 0.3 is 0 Å². The summed E-state index contributed by atoms with van der Waals surface area (Å²) in [5.41, 5.74) is 1.17. The average Bonchev–Trinajstić information content (AvgIpc) is 2.55. The monoisotopic (exact) mass is 203 g/mol.